The molecule has 2 N–H and O–H groups in total. The Kier molecular flexibility index (Phi) is 5.00. The van der Waals surface area contributed by atoms with Crippen LogP contribution in [0.15, 0.2) is 18.2 Å². The van der Waals surface area contributed by atoms with E-state index >= 15 is 0 Å². The van der Waals surface area contributed by atoms with E-state index in [1.807, 2.05) is 19.9 Å². The lowest BCUT2D eigenvalue weighted by molar-refractivity contribution is 0.249. The maximum atomic E-state index is 11.7. The molecule has 0 aromatic heterocycles. The van der Waals surface area contributed by atoms with Crippen molar-refractivity contribution in [1.82, 2.24) is 5.32 Å². The van der Waals surface area contributed by atoms with E-state index in [0.29, 0.717) is 17.0 Å². The highest BCUT2D eigenvalue weighted by molar-refractivity contribution is 5.91. The summed E-state index contributed by atoms with van der Waals surface area (Å²) >= 11 is 0. The van der Waals surface area contributed by atoms with Crippen LogP contribution in [0, 0.1) is 11.3 Å². The summed E-state index contributed by atoms with van der Waals surface area (Å²) in [5.74, 6) is 0.522. The van der Waals surface area contributed by atoms with Crippen molar-refractivity contribution >= 4 is 11.7 Å². The van der Waals surface area contributed by atoms with Gasteiger partial charge in [-0.15, -0.1) is 0 Å². The summed E-state index contributed by atoms with van der Waals surface area (Å²) in [6.07, 6.45) is 0.850. The molecule has 0 unspecified atom stereocenters. The highest BCUT2D eigenvalue weighted by Crippen LogP contribution is 2.25. The zero-order valence-electron chi connectivity index (χ0n) is 10.8. The second-order valence-electron chi connectivity index (χ2n) is 3.93. The van der Waals surface area contributed by atoms with E-state index < -0.39 is 0 Å². The first kappa shape index (κ1) is 13.8. The molecule has 0 aliphatic rings. The summed E-state index contributed by atoms with van der Waals surface area (Å²) < 4.78 is 5.13. The third-order valence-electron chi connectivity index (χ3n) is 2.57. The van der Waals surface area contributed by atoms with Crippen LogP contribution >= 0.6 is 0 Å². The fraction of sp³-hybridized carbons (Fsp3) is 0.385. The van der Waals surface area contributed by atoms with Gasteiger partial charge < -0.3 is 15.4 Å². The van der Waals surface area contributed by atoms with Crippen LogP contribution in [-0.2, 0) is 0 Å². The number of anilines is 1. The van der Waals surface area contributed by atoms with Crippen LogP contribution in [0.25, 0.3) is 0 Å². The van der Waals surface area contributed by atoms with Gasteiger partial charge in [0.05, 0.1) is 24.4 Å². The van der Waals surface area contributed by atoms with Crippen molar-refractivity contribution in [2.45, 2.75) is 26.3 Å². The Morgan fingerprint density at radius 1 is 1.56 bits per heavy atom. The van der Waals surface area contributed by atoms with Crippen molar-refractivity contribution in [3.05, 3.63) is 23.8 Å². The minimum absolute atomic E-state index is 0.0927. The minimum Gasteiger partial charge on any atom is -0.495 e. The van der Waals surface area contributed by atoms with Crippen molar-refractivity contribution in [3.63, 3.8) is 0 Å². The SMILES string of the molecule is CC[C@@H](C)NC(=O)Nc1cc(C#N)ccc1OC. The summed E-state index contributed by atoms with van der Waals surface area (Å²) in [6, 6.07) is 6.67. The number of carbonyl (C=O) groups excluding carboxylic acids is 1. The first-order chi connectivity index (χ1) is 8.60. The standard InChI is InChI=1S/C13H17N3O2/c1-4-9(2)15-13(17)16-11-7-10(8-14)5-6-12(11)18-3/h5-7,9H,4H2,1-3H3,(H2,15,16,17)/t9-/m1/s1. The highest BCUT2D eigenvalue weighted by Gasteiger charge is 2.10. The third-order valence-corrected chi connectivity index (χ3v) is 2.57. The number of nitriles is 1. The van der Waals surface area contributed by atoms with Crippen LogP contribution in [0.5, 0.6) is 5.75 Å². The van der Waals surface area contributed by atoms with Gasteiger partial charge in [-0.1, -0.05) is 6.92 Å². The van der Waals surface area contributed by atoms with E-state index in [4.69, 9.17) is 10.00 Å². The number of urea groups is 1. The predicted molar refractivity (Wildman–Crippen MR) is 69.6 cm³/mol. The minimum atomic E-state index is -0.308. The Morgan fingerprint density at radius 3 is 2.83 bits per heavy atom. The molecule has 1 atom stereocenters. The number of ether oxygens (including phenoxy) is 1. The van der Waals surface area contributed by atoms with Gasteiger partial charge in [-0.3, -0.25) is 0 Å². The predicted octanol–water partition coefficient (Wildman–Crippen LogP) is 2.49. The number of nitrogens with zero attached hydrogens (tertiary/aromatic N) is 1. The topological polar surface area (TPSA) is 74.2 Å². The molecule has 0 aliphatic carbocycles. The lowest BCUT2D eigenvalue weighted by atomic mass is 10.2. The summed E-state index contributed by atoms with van der Waals surface area (Å²) in [5, 5.41) is 14.3. The van der Waals surface area contributed by atoms with Crippen molar-refractivity contribution in [3.8, 4) is 11.8 Å². The highest BCUT2D eigenvalue weighted by atomic mass is 16.5. The van der Waals surface area contributed by atoms with Crippen LogP contribution in [0.4, 0.5) is 10.5 Å². The molecule has 1 aromatic rings. The molecule has 0 saturated heterocycles. The van der Waals surface area contributed by atoms with E-state index in [2.05, 4.69) is 10.6 Å². The Labute approximate surface area is 107 Å². The number of methoxy groups -OCH3 is 1. The summed E-state index contributed by atoms with van der Waals surface area (Å²) in [7, 11) is 1.51. The quantitative estimate of drug-likeness (QED) is 0.858. The fourth-order valence-electron chi connectivity index (χ4n) is 1.36. The molecule has 0 fully saturated rings. The fourth-order valence-corrected chi connectivity index (χ4v) is 1.36. The molecule has 18 heavy (non-hydrogen) atoms. The Balaban J connectivity index is 2.82. The number of carbonyl (C=O) groups is 1. The van der Waals surface area contributed by atoms with Gasteiger partial charge in [0, 0.05) is 6.04 Å². The van der Waals surface area contributed by atoms with Gasteiger partial charge in [0.2, 0.25) is 0 Å². The van der Waals surface area contributed by atoms with Gasteiger partial charge in [-0.05, 0) is 31.5 Å². The average Bonchev–Trinajstić information content (AvgIpc) is 2.38. The molecule has 1 aromatic carbocycles. The molecule has 0 aliphatic heterocycles. The van der Waals surface area contributed by atoms with Gasteiger partial charge in [0.1, 0.15) is 5.75 Å². The smallest absolute Gasteiger partial charge is 0.319 e. The number of amides is 2. The molecule has 0 radical (unpaired) electrons. The van der Waals surface area contributed by atoms with Crippen LogP contribution in [-0.4, -0.2) is 19.2 Å². The molecule has 0 spiro atoms. The van der Waals surface area contributed by atoms with Crippen molar-refractivity contribution in [2.24, 2.45) is 0 Å². The molecule has 0 saturated carbocycles. The van der Waals surface area contributed by atoms with Crippen LogP contribution in [0.2, 0.25) is 0 Å². The van der Waals surface area contributed by atoms with Crippen LogP contribution in [0.3, 0.4) is 0 Å². The van der Waals surface area contributed by atoms with Crippen LogP contribution in [0.1, 0.15) is 25.8 Å². The average molecular weight is 247 g/mol. The zero-order valence-corrected chi connectivity index (χ0v) is 10.8. The summed E-state index contributed by atoms with van der Waals surface area (Å²) in [6.45, 7) is 3.91. The Hall–Kier alpha value is -2.22. The Morgan fingerprint density at radius 2 is 2.28 bits per heavy atom. The molecule has 1 rings (SSSR count). The van der Waals surface area contributed by atoms with Crippen molar-refractivity contribution in [1.29, 1.82) is 5.26 Å². The zero-order chi connectivity index (χ0) is 13.5. The first-order valence-electron chi connectivity index (χ1n) is 5.76. The molecule has 5 nitrogen and oxygen atoms in total. The molecular formula is C13H17N3O2. The number of hydrogen-bond donors (Lipinski definition) is 2. The third kappa shape index (κ3) is 3.67. The normalized spacial score (nSPS) is 11.2. The Bertz CT molecular complexity index is 466. The maximum absolute atomic E-state index is 11.7. The van der Waals surface area contributed by atoms with Crippen molar-refractivity contribution < 1.29 is 9.53 Å². The monoisotopic (exact) mass is 247 g/mol. The number of nitrogens with one attached hydrogen (secondary N) is 2. The largest absolute Gasteiger partial charge is 0.495 e. The van der Waals surface area contributed by atoms with E-state index in [1.165, 1.54) is 7.11 Å². The van der Waals surface area contributed by atoms with Gasteiger partial charge in [-0.25, -0.2) is 4.79 Å². The maximum Gasteiger partial charge on any atom is 0.319 e. The van der Waals surface area contributed by atoms with Gasteiger partial charge in [-0.2, -0.15) is 5.26 Å². The molecule has 96 valence electrons. The summed E-state index contributed by atoms with van der Waals surface area (Å²) in [4.78, 5) is 11.7. The van der Waals surface area contributed by atoms with E-state index in [9.17, 15) is 4.79 Å². The number of rotatable bonds is 4. The second kappa shape index (κ2) is 6.50. The number of benzene rings is 1. The summed E-state index contributed by atoms with van der Waals surface area (Å²) in [5.41, 5.74) is 0.951. The van der Waals surface area contributed by atoms with E-state index in [1.54, 1.807) is 18.2 Å². The molecular weight excluding hydrogens is 230 g/mol. The first-order valence-corrected chi connectivity index (χ1v) is 5.76. The van der Waals surface area contributed by atoms with Crippen LogP contribution < -0.4 is 15.4 Å². The second-order valence-corrected chi connectivity index (χ2v) is 3.93. The lowest BCUT2D eigenvalue weighted by Gasteiger charge is -2.14. The van der Waals surface area contributed by atoms with Gasteiger partial charge >= 0.3 is 6.03 Å². The molecule has 0 heterocycles. The molecule has 0 bridgehead atoms. The molecule has 5 heteroatoms. The molecule has 2 amide bonds. The van der Waals surface area contributed by atoms with Gasteiger partial charge in [0.25, 0.3) is 0 Å². The lowest BCUT2D eigenvalue weighted by Crippen LogP contribution is -2.35. The van der Waals surface area contributed by atoms with E-state index in [0.717, 1.165) is 6.42 Å². The number of hydrogen-bond acceptors (Lipinski definition) is 3. The van der Waals surface area contributed by atoms with Gasteiger partial charge in [0.15, 0.2) is 0 Å². The van der Waals surface area contributed by atoms with Crippen molar-refractivity contribution in [2.75, 3.05) is 12.4 Å². The van der Waals surface area contributed by atoms with E-state index in [-0.39, 0.29) is 12.1 Å².